The van der Waals surface area contributed by atoms with Gasteiger partial charge in [0.1, 0.15) is 0 Å². The average Bonchev–Trinajstić information content (AvgIpc) is 1.98. The van der Waals surface area contributed by atoms with Crippen LogP contribution < -0.4 is 16.4 Å². The highest BCUT2D eigenvalue weighted by atomic mass is 16.2. The summed E-state index contributed by atoms with van der Waals surface area (Å²) in [6, 6.07) is 0. The van der Waals surface area contributed by atoms with E-state index < -0.39 is 5.54 Å². The number of nitrogens with one attached hydrogen (secondary N) is 2. The molecule has 0 unspecified atom stereocenters. The van der Waals surface area contributed by atoms with Gasteiger partial charge < -0.3 is 16.4 Å². The Kier molecular flexibility index (Phi) is 4.93. The Balaban J connectivity index is 3.84. The summed E-state index contributed by atoms with van der Waals surface area (Å²) in [6.45, 7) is 9.28. The minimum Gasteiger partial charge on any atom is -0.354 e. The summed E-state index contributed by atoms with van der Waals surface area (Å²) in [7, 11) is 0. The normalized spacial score (nSPS) is 12.1. The van der Waals surface area contributed by atoms with E-state index in [1.54, 1.807) is 13.8 Å². The fraction of sp³-hybridized carbons (Fsp3) is 0.818. The lowest BCUT2D eigenvalue weighted by Gasteiger charge is -2.21. The number of nitrogens with two attached hydrogens (primary N) is 1. The lowest BCUT2D eigenvalue weighted by atomic mass is 10.1. The Hall–Kier alpha value is -1.10. The smallest absolute Gasteiger partial charge is 0.239 e. The molecule has 0 rings (SSSR count). The monoisotopic (exact) mass is 229 g/mol. The fourth-order valence-corrected chi connectivity index (χ4v) is 0.998. The first-order valence-electron chi connectivity index (χ1n) is 5.40. The summed E-state index contributed by atoms with van der Waals surface area (Å²) in [6.07, 6.45) is 0.263. The van der Waals surface area contributed by atoms with E-state index in [4.69, 9.17) is 5.73 Å². The van der Waals surface area contributed by atoms with Crippen LogP contribution in [-0.4, -0.2) is 29.4 Å². The molecule has 5 nitrogen and oxygen atoms in total. The molecular weight excluding hydrogens is 206 g/mol. The van der Waals surface area contributed by atoms with Crippen molar-refractivity contribution in [2.45, 2.75) is 52.1 Å². The van der Waals surface area contributed by atoms with Crippen molar-refractivity contribution in [2.24, 2.45) is 5.73 Å². The second-order valence-corrected chi connectivity index (χ2v) is 5.53. The highest BCUT2D eigenvalue weighted by Gasteiger charge is 2.21. The van der Waals surface area contributed by atoms with Gasteiger partial charge in [-0.1, -0.05) is 0 Å². The molecule has 0 aliphatic heterocycles. The lowest BCUT2D eigenvalue weighted by Crippen LogP contribution is -2.50. The average molecular weight is 229 g/mol. The largest absolute Gasteiger partial charge is 0.354 e. The Morgan fingerprint density at radius 1 is 1.12 bits per heavy atom. The van der Waals surface area contributed by atoms with Gasteiger partial charge >= 0.3 is 0 Å². The van der Waals surface area contributed by atoms with Gasteiger partial charge in [0, 0.05) is 18.5 Å². The second kappa shape index (κ2) is 5.30. The van der Waals surface area contributed by atoms with Crippen molar-refractivity contribution < 1.29 is 9.59 Å². The van der Waals surface area contributed by atoms with Crippen LogP contribution in [0.2, 0.25) is 0 Å². The molecule has 0 spiro atoms. The highest BCUT2D eigenvalue weighted by molar-refractivity contribution is 5.85. The molecule has 0 bridgehead atoms. The molecule has 0 atom stereocenters. The minimum absolute atomic E-state index is 0.0809. The number of rotatable bonds is 4. The van der Waals surface area contributed by atoms with Gasteiger partial charge in [-0.25, -0.2) is 0 Å². The summed E-state index contributed by atoms with van der Waals surface area (Å²) in [4.78, 5) is 22.8. The molecule has 4 N–H and O–H groups in total. The zero-order valence-corrected chi connectivity index (χ0v) is 10.8. The molecule has 0 aliphatic carbocycles. The van der Waals surface area contributed by atoms with Crippen LogP contribution in [0.1, 0.15) is 41.0 Å². The maximum Gasteiger partial charge on any atom is 0.239 e. The molecule has 0 saturated carbocycles. The molecule has 0 aromatic heterocycles. The molecule has 0 radical (unpaired) electrons. The van der Waals surface area contributed by atoms with E-state index in [0.29, 0.717) is 6.54 Å². The SMILES string of the molecule is CC(C)(C)NC(=O)CCNC(=O)C(C)(C)N. The number of carbonyl (C=O) groups is 2. The van der Waals surface area contributed by atoms with Gasteiger partial charge in [0.05, 0.1) is 5.54 Å². The third-order valence-corrected chi connectivity index (χ3v) is 1.74. The first-order chi connectivity index (χ1) is 7.02. The van der Waals surface area contributed by atoms with E-state index in [1.165, 1.54) is 0 Å². The summed E-state index contributed by atoms with van der Waals surface area (Å²) in [5.41, 5.74) is 4.44. The van der Waals surface area contributed by atoms with Gasteiger partial charge in [-0.2, -0.15) is 0 Å². The maximum atomic E-state index is 11.4. The van der Waals surface area contributed by atoms with Gasteiger partial charge in [0.2, 0.25) is 11.8 Å². The van der Waals surface area contributed by atoms with Crippen molar-refractivity contribution >= 4 is 11.8 Å². The van der Waals surface area contributed by atoms with Crippen molar-refractivity contribution in [3.63, 3.8) is 0 Å². The van der Waals surface area contributed by atoms with Crippen LogP contribution in [0.5, 0.6) is 0 Å². The van der Waals surface area contributed by atoms with Crippen LogP contribution in [0.4, 0.5) is 0 Å². The molecule has 0 saturated heterocycles. The number of carbonyl (C=O) groups excluding carboxylic acids is 2. The topological polar surface area (TPSA) is 84.2 Å². The van der Waals surface area contributed by atoms with E-state index in [2.05, 4.69) is 10.6 Å². The standard InChI is InChI=1S/C11H23N3O2/c1-10(2,3)14-8(15)6-7-13-9(16)11(4,5)12/h6-7,12H2,1-5H3,(H,13,16)(H,14,15). The fourth-order valence-electron chi connectivity index (χ4n) is 0.998. The minimum atomic E-state index is -0.902. The summed E-state index contributed by atoms with van der Waals surface area (Å²) in [5.74, 6) is -0.335. The van der Waals surface area contributed by atoms with Gasteiger partial charge in [0.15, 0.2) is 0 Å². The van der Waals surface area contributed by atoms with E-state index in [0.717, 1.165) is 0 Å². The molecule has 0 aromatic carbocycles. The summed E-state index contributed by atoms with van der Waals surface area (Å²) < 4.78 is 0. The third-order valence-electron chi connectivity index (χ3n) is 1.74. The van der Waals surface area contributed by atoms with Gasteiger partial charge in [0.25, 0.3) is 0 Å². The maximum absolute atomic E-state index is 11.4. The molecule has 0 aromatic rings. The predicted molar refractivity (Wildman–Crippen MR) is 63.8 cm³/mol. The molecular formula is C11H23N3O2. The second-order valence-electron chi connectivity index (χ2n) is 5.53. The van der Waals surface area contributed by atoms with Crippen molar-refractivity contribution in [1.29, 1.82) is 0 Å². The van der Waals surface area contributed by atoms with Gasteiger partial charge in [-0.05, 0) is 34.6 Å². The predicted octanol–water partition coefficient (Wildman–Crippen LogP) is 0.145. The van der Waals surface area contributed by atoms with Crippen LogP contribution in [0.15, 0.2) is 0 Å². The van der Waals surface area contributed by atoms with Crippen molar-refractivity contribution in [2.75, 3.05) is 6.54 Å². The van der Waals surface area contributed by atoms with Crippen molar-refractivity contribution in [1.82, 2.24) is 10.6 Å². The van der Waals surface area contributed by atoms with Gasteiger partial charge in [-0.3, -0.25) is 9.59 Å². The Morgan fingerprint density at radius 2 is 1.62 bits per heavy atom. The first kappa shape index (κ1) is 14.9. The number of hydrogen-bond acceptors (Lipinski definition) is 3. The molecule has 0 heterocycles. The molecule has 0 aliphatic rings. The molecule has 5 heteroatoms. The van der Waals surface area contributed by atoms with Gasteiger partial charge in [-0.15, -0.1) is 0 Å². The Labute approximate surface area is 97.2 Å². The van der Waals surface area contributed by atoms with Crippen LogP contribution in [0.25, 0.3) is 0 Å². The van der Waals surface area contributed by atoms with E-state index in [1.807, 2.05) is 20.8 Å². The lowest BCUT2D eigenvalue weighted by molar-refractivity contribution is -0.125. The highest BCUT2D eigenvalue weighted by Crippen LogP contribution is 1.99. The van der Waals surface area contributed by atoms with Crippen molar-refractivity contribution in [3.05, 3.63) is 0 Å². The van der Waals surface area contributed by atoms with Crippen LogP contribution in [0, 0.1) is 0 Å². The number of hydrogen-bond donors (Lipinski definition) is 3. The molecule has 16 heavy (non-hydrogen) atoms. The first-order valence-corrected chi connectivity index (χ1v) is 5.40. The van der Waals surface area contributed by atoms with E-state index in [-0.39, 0.29) is 23.8 Å². The third kappa shape index (κ3) is 7.23. The van der Waals surface area contributed by atoms with Crippen molar-refractivity contribution in [3.8, 4) is 0 Å². The quantitative estimate of drug-likeness (QED) is 0.641. The van der Waals surface area contributed by atoms with E-state index >= 15 is 0 Å². The Bertz CT molecular complexity index is 261. The Morgan fingerprint density at radius 3 is 2.00 bits per heavy atom. The summed E-state index contributed by atoms with van der Waals surface area (Å²) >= 11 is 0. The summed E-state index contributed by atoms with van der Waals surface area (Å²) in [5, 5.41) is 5.42. The zero-order chi connectivity index (χ0) is 13.0. The van der Waals surface area contributed by atoms with Crippen LogP contribution >= 0.6 is 0 Å². The molecule has 94 valence electrons. The number of amides is 2. The van der Waals surface area contributed by atoms with E-state index in [9.17, 15) is 9.59 Å². The van der Waals surface area contributed by atoms with Crippen LogP contribution in [-0.2, 0) is 9.59 Å². The van der Waals surface area contributed by atoms with Crippen LogP contribution in [0.3, 0.4) is 0 Å². The molecule has 0 fully saturated rings. The molecule has 2 amide bonds. The zero-order valence-electron chi connectivity index (χ0n) is 10.8.